The number of aryl methyl sites for hydroxylation is 1. The number of methoxy groups -OCH3 is 1. The van der Waals surface area contributed by atoms with Crippen LogP contribution in [0.2, 0.25) is 0 Å². The van der Waals surface area contributed by atoms with Crippen LogP contribution in [0.15, 0.2) is 34.7 Å². The molecule has 3 heterocycles. The number of piperidine rings is 1. The Labute approximate surface area is 179 Å². The first-order chi connectivity index (χ1) is 14.9. The highest BCUT2D eigenvalue weighted by molar-refractivity contribution is 5.98. The lowest BCUT2D eigenvalue weighted by molar-refractivity contribution is -0.133. The number of nitrogens with zero attached hydrogens (tertiary/aromatic N) is 1. The summed E-state index contributed by atoms with van der Waals surface area (Å²) in [6.45, 7) is 2.94. The number of nitrogens with one attached hydrogen (secondary N) is 2. The quantitative estimate of drug-likeness (QED) is 0.766. The summed E-state index contributed by atoms with van der Waals surface area (Å²) in [5.74, 6) is 1.11. The summed E-state index contributed by atoms with van der Waals surface area (Å²) in [6, 6.07) is 8.42. The Bertz CT molecular complexity index is 1010. The number of benzene rings is 1. The van der Waals surface area contributed by atoms with E-state index in [-0.39, 0.29) is 24.1 Å². The fourth-order valence-corrected chi connectivity index (χ4v) is 3.86. The molecule has 9 nitrogen and oxygen atoms in total. The van der Waals surface area contributed by atoms with Crippen molar-refractivity contribution in [3.05, 3.63) is 47.4 Å². The van der Waals surface area contributed by atoms with E-state index in [4.69, 9.17) is 13.9 Å². The average Bonchev–Trinajstić information content (AvgIpc) is 3.17. The number of furan rings is 1. The van der Waals surface area contributed by atoms with E-state index in [9.17, 15) is 14.4 Å². The first-order valence-corrected chi connectivity index (χ1v) is 10.2. The molecule has 0 aliphatic carbocycles. The minimum absolute atomic E-state index is 0.105. The van der Waals surface area contributed by atoms with Crippen LogP contribution in [0.25, 0.3) is 0 Å². The molecule has 9 heteroatoms. The van der Waals surface area contributed by atoms with E-state index in [0.29, 0.717) is 55.3 Å². The second-order valence-electron chi connectivity index (χ2n) is 7.80. The van der Waals surface area contributed by atoms with Crippen molar-refractivity contribution in [2.45, 2.75) is 25.4 Å². The number of ether oxygens (including phenoxy) is 2. The largest absolute Gasteiger partial charge is 0.497 e. The van der Waals surface area contributed by atoms with Crippen LogP contribution in [-0.4, -0.2) is 61.5 Å². The first-order valence-electron chi connectivity index (χ1n) is 10.2. The normalized spacial score (nSPS) is 17.2. The van der Waals surface area contributed by atoms with Crippen LogP contribution >= 0.6 is 0 Å². The highest BCUT2D eigenvalue weighted by Crippen LogP contribution is 2.34. The van der Waals surface area contributed by atoms with E-state index in [1.807, 2.05) is 0 Å². The van der Waals surface area contributed by atoms with Gasteiger partial charge in [0, 0.05) is 25.9 Å². The summed E-state index contributed by atoms with van der Waals surface area (Å²) in [4.78, 5) is 38.8. The molecule has 0 unspecified atom stereocenters. The summed E-state index contributed by atoms with van der Waals surface area (Å²) < 4.78 is 16.7. The molecule has 2 aliphatic rings. The van der Waals surface area contributed by atoms with Crippen LogP contribution in [0.5, 0.6) is 11.5 Å². The van der Waals surface area contributed by atoms with E-state index in [2.05, 4.69) is 10.6 Å². The molecular formula is C22H25N3O6. The SMILES string of the molecule is COc1ccc2c(c1)C(=O)NCC1(CCN(C(=O)CNC(=O)c3ccc(C)o3)CC1)O2. The zero-order valence-corrected chi connectivity index (χ0v) is 17.5. The molecule has 1 spiro atoms. The summed E-state index contributed by atoms with van der Waals surface area (Å²) in [7, 11) is 1.55. The smallest absolute Gasteiger partial charge is 0.287 e. The van der Waals surface area contributed by atoms with Crippen molar-refractivity contribution in [1.29, 1.82) is 0 Å². The molecule has 0 saturated carbocycles. The molecule has 2 N–H and O–H groups in total. The van der Waals surface area contributed by atoms with Gasteiger partial charge in [0.05, 0.1) is 25.8 Å². The topological polar surface area (TPSA) is 110 Å². The average molecular weight is 427 g/mol. The predicted molar refractivity (Wildman–Crippen MR) is 110 cm³/mol. The second kappa shape index (κ2) is 8.33. The Morgan fingerprint density at radius 3 is 2.68 bits per heavy atom. The van der Waals surface area contributed by atoms with Gasteiger partial charge in [-0.3, -0.25) is 14.4 Å². The fraction of sp³-hybridized carbons (Fsp3) is 0.409. The third-order valence-corrected chi connectivity index (χ3v) is 5.72. The second-order valence-corrected chi connectivity index (χ2v) is 7.80. The van der Waals surface area contributed by atoms with Crippen molar-refractivity contribution < 1.29 is 28.3 Å². The molecule has 3 amide bonds. The number of fused-ring (bicyclic) bond motifs is 1. The molecule has 0 bridgehead atoms. The van der Waals surface area contributed by atoms with Crippen molar-refractivity contribution in [3.63, 3.8) is 0 Å². The molecule has 2 aromatic rings. The number of hydrogen-bond donors (Lipinski definition) is 2. The number of carbonyl (C=O) groups is 3. The lowest BCUT2D eigenvalue weighted by Gasteiger charge is -2.41. The van der Waals surface area contributed by atoms with E-state index in [1.54, 1.807) is 49.3 Å². The fourth-order valence-electron chi connectivity index (χ4n) is 3.86. The zero-order chi connectivity index (χ0) is 22.0. The van der Waals surface area contributed by atoms with Gasteiger partial charge in [0.15, 0.2) is 5.76 Å². The van der Waals surface area contributed by atoms with E-state index >= 15 is 0 Å². The van der Waals surface area contributed by atoms with Gasteiger partial charge < -0.3 is 29.4 Å². The van der Waals surface area contributed by atoms with Crippen molar-refractivity contribution in [3.8, 4) is 11.5 Å². The molecule has 1 aromatic heterocycles. The third-order valence-electron chi connectivity index (χ3n) is 5.72. The van der Waals surface area contributed by atoms with Gasteiger partial charge in [0.2, 0.25) is 5.91 Å². The minimum atomic E-state index is -0.582. The van der Waals surface area contributed by atoms with Gasteiger partial charge in [-0.15, -0.1) is 0 Å². The van der Waals surface area contributed by atoms with Gasteiger partial charge in [-0.1, -0.05) is 0 Å². The van der Waals surface area contributed by atoms with E-state index < -0.39 is 11.5 Å². The standard InChI is InChI=1S/C22H25N3O6/c1-14-3-5-18(30-14)21(28)23-12-19(26)25-9-7-22(8-10-25)13-24-20(27)16-11-15(29-2)4-6-17(16)31-22/h3-6,11H,7-10,12-13H2,1-2H3,(H,23,28)(H,24,27). The number of likely N-dealkylation sites (tertiary alicyclic amines) is 1. The minimum Gasteiger partial charge on any atom is -0.497 e. The molecule has 0 atom stereocenters. The Hall–Kier alpha value is -3.49. The Morgan fingerprint density at radius 2 is 2.00 bits per heavy atom. The Kier molecular flexibility index (Phi) is 5.58. The van der Waals surface area contributed by atoms with E-state index in [1.165, 1.54) is 0 Å². The number of rotatable bonds is 4. The molecule has 4 rings (SSSR count). The van der Waals surface area contributed by atoms with Crippen LogP contribution < -0.4 is 20.1 Å². The Balaban J connectivity index is 1.35. The van der Waals surface area contributed by atoms with Crippen LogP contribution in [0.4, 0.5) is 0 Å². The molecule has 2 aliphatic heterocycles. The molecule has 1 saturated heterocycles. The maximum atomic E-state index is 12.6. The summed E-state index contributed by atoms with van der Waals surface area (Å²) >= 11 is 0. The van der Waals surface area contributed by atoms with Gasteiger partial charge in [0.25, 0.3) is 11.8 Å². The van der Waals surface area contributed by atoms with Crippen molar-refractivity contribution in [1.82, 2.24) is 15.5 Å². The molecule has 1 aromatic carbocycles. The van der Waals surface area contributed by atoms with Crippen LogP contribution in [0.1, 0.15) is 39.5 Å². The molecule has 31 heavy (non-hydrogen) atoms. The summed E-state index contributed by atoms with van der Waals surface area (Å²) in [5.41, 5.74) is -0.146. The van der Waals surface area contributed by atoms with Gasteiger partial charge in [-0.05, 0) is 37.3 Å². The summed E-state index contributed by atoms with van der Waals surface area (Å²) in [6.07, 6.45) is 1.13. The lowest BCUT2D eigenvalue weighted by Crippen LogP contribution is -2.55. The third kappa shape index (κ3) is 4.35. The predicted octanol–water partition coefficient (Wildman–Crippen LogP) is 1.51. The molecule has 1 fully saturated rings. The van der Waals surface area contributed by atoms with Gasteiger partial charge in [0.1, 0.15) is 22.9 Å². The van der Waals surface area contributed by atoms with Gasteiger partial charge >= 0.3 is 0 Å². The molecule has 164 valence electrons. The molecule has 0 radical (unpaired) electrons. The van der Waals surface area contributed by atoms with Crippen molar-refractivity contribution >= 4 is 17.7 Å². The van der Waals surface area contributed by atoms with Gasteiger partial charge in [-0.25, -0.2) is 0 Å². The highest BCUT2D eigenvalue weighted by Gasteiger charge is 2.41. The maximum Gasteiger partial charge on any atom is 0.287 e. The number of hydrogen-bond acceptors (Lipinski definition) is 6. The highest BCUT2D eigenvalue weighted by atomic mass is 16.5. The van der Waals surface area contributed by atoms with Crippen molar-refractivity contribution in [2.75, 3.05) is 33.3 Å². The van der Waals surface area contributed by atoms with E-state index in [0.717, 1.165) is 0 Å². The van der Waals surface area contributed by atoms with Gasteiger partial charge in [-0.2, -0.15) is 0 Å². The zero-order valence-electron chi connectivity index (χ0n) is 17.5. The van der Waals surface area contributed by atoms with Crippen molar-refractivity contribution in [2.24, 2.45) is 0 Å². The monoisotopic (exact) mass is 427 g/mol. The maximum absolute atomic E-state index is 12.6. The number of amides is 3. The summed E-state index contributed by atoms with van der Waals surface area (Å²) in [5, 5.41) is 5.52. The Morgan fingerprint density at radius 1 is 1.23 bits per heavy atom. The van der Waals surface area contributed by atoms with Crippen LogP contribution in [0, 0.1) is 6.92 Å². The van der Waals surface area contributed by atoms with Crippen LogP contribution in [-0.2, 0) is 4.79 Å². The first kappa shape index (κ1) is 20.8. The molecular weight excluding hydrogens is 402 g/mol. The number of carbonyl (C=O) groups excluding carboxylic acids is 3. The van der Waals surface area contributed by atoms with Crippen LogP contribution in [0.3, 0.4) is 0 Å². The lowest BCUT2D eigenvalue weighted by atomic mass is 9.91.